The maximum absolute atomic E-state index is 5.84. The zero-order valence-corrected chi connectivity index (χ0v) is 9.84. The molecular weight excluding hydrogens is 218 g/mol. The highest BCUT2D eigenvalue weighted by molar-refractivity contribution is 5.16. The Labute approximate surface area is 101 Å². The Kier molecular flexibility index (Phi) is 3.11. The molecule has 2 aliphatic rings. The van der Waals surface area contributed by atoms with Crippen molar-refractivity contribution >= 4 is 0 Å². The van der Waals surface area contributed by atoms with Crippen molar-refractivity contribution in [2.24, 2.45) is 0 Å². The summed E-state index contributed by atoms with van der Waals surface area (Å²) in [5.41, 5.74) is 1.06. The van der Waals surface area contributed by atoms with Gasteiger partial charge in [-0.05, 0) is 6.92 Å². The summed E-state index contributed by atoms with van der Waals surface area (Å²) in [5, 5.41) is 3.11. The molecule has 2 aliphatic heterocycles. The molecule has 4 nitrogen and oxygen atoms in total. The van der Waals surface area contributed by atoms with E-state index in [1.54, 1.807) is 0 Å². The van der Waals surface area contributed by atoms with Crippen LogP contribution in [0, 0.1) is 0 Å². The Morgan fingerprint density at radius 3 is 2.71 bits per heavy atom. The van der Waals surface area contributed by atoms with E-state index in [1.807, 2.05) is 37.3 Å². The molecule has 17 heavy (non-hydrogen) atoms. The van der Waals surface area contributed by atoms with Gasteiger partial charge in [0.15, 0.2) is 6.29 Å². The van der Waals surface area contributed by atoms with E-state index >= 15 is 0 Å². The fourth-order valence-corrected chi connectivity index (χ4v) is 1.93. The van der Waals surface area contributed by atoms with Crippen molar-refractivity contribution in [1.82, 2.24) is 5.32 Å². The molecule has 4 unspecified atom stereocenters. The smallest absolute Gasteiger partial charge is 0.184 e. The van der Waals surface area contributed by atoms with E-state index in [0.717, 1.165) is 12.1 Å². The van der Waals surface area contributed by atoms with Crippen LogP contribution in [0.2, 0.25) is 0 Å². The fourth-order valence-electron chi connectivity index (χ4n) is 1.93. The highest BCUT2D eigenvalue weighted by Crippen LogP contribution is 2.28. The molecule has 0 spiro atoms. The summed E-state index contributed by atoms with van der Waals surface area (Å²) in [7, 11) is 0. The van der Waals surface area contributed by atoms with Crippen LogP contribution in [0.5, 0.6) is 0 Å². The van der Waals surface area contributed by atoms with Crippen molar-refractivity contribution in [3.63, 3.8) is 0 Å². The Balaban J connectivity index is 1.60. The molecule has 2 heterocycles. The van der Waals surface area contributed by atoms with Gasteiger partial charge in [-0.2, -0.15) is 0 Å². The Morgan fingerprint density at radius 2 is 2.06 bits per heavy atom. The summed E-state index contributed by atoms with van der Waals surface area (Å²) in [6, 6.07) is 10.00. The van der Waals surface area contributed by atoms with E-state index in [2.05, 4.69) is 5.32 Å². The van der Waals surface area contributed by atoms with Gasteiger partial charge in [0, 0.05) is 12.1 Å². The van der Waals surface area contributed by atoms with E-state index in [1.165, 1.54) is 0 Å². The van der Waals surface area contributed by atoms with Gasteiger partial charge in [0.2, 0.25) is 0 Å². The highest BCUT2D eigenvalue weighted by atomic mass is 16.7. The van der Waals surface area contributed by atoms with Crippen LogP contribution >= 0.6 is 0 Å². The highest BCUT2D eigenvalue weighted by Gasteiger charge is 2.34. The molecular formula is C13H17NO3. The van der Waals surface area contributed by atoms with E-state index in [4.69, 9.17) is 14.2 Å². The number of hydrogen-bond acceptors (Lipinski definition) is 4. The normalized spacial score (nSPS) is 36.8. The molecule has 92 valence electrons. The van der Waals surface area contributed by atoms with Gasteiger partial charge < -0.3 is 14.2 Å². The largest absolute Gasteiger partial charge is 0.354 e. The number of benzene rings is 1. The molecule has 1 aromatic rings. The molecule has 1 aromatic carbocycles. The fraction of sp³-hybridized carbons (Fsp3) is 0.538. The first kappa shape index (κ1) is 11.2. The summed E-state index contributed by atoms with van der Waals surface area (Å²) in [6.45, 7) is 3.55. The molecule has 2 saturated heterocycles. The van der Waals surface area contributed by atoms with Crippen LogP contribution in [0.1, 0.15) is 18.8 Å². The summed E-state index contributed by atoms with van der Waals surface area (Å²) in [6.07, 6.45) is 0.00690. The summed E-state index contributed by atoms with van der Waals surface area (Å²) in [5.74, 6) is 0. The second kappa shape index (κ2) is 4.74. The van der Waals surface area contributed by atoms with Gasteiger partial charge in [0.05, 0.1) is 12.7 Å². The zero-order valence-electron chi connectivity index (χ0n) is 9.84. The third-order valence-electron chi connectivity index (χ3n) is 3.06. The molecule has 4 heteroatoms. The van der Waals surface area contributed by atoms with Crippen LogP contribution < -0.4 is 5.32 Å². The zero-order chi connectivity index (χ0) is 11.7. The molecule has 4 atom stereocenters. The van der Waals surface area contributed by atoms with Gasteiger partial charge in [-0.3, -0.25) is 5.32 Å². The van der Waals surface area contributed by atoms with Crippen molar-refractivity contribution in [3.8, 4) is 0 Å². The van der Waals surface area contributed by atoms with Gasteiger partial charge in [0.25, 0.3) is 0 Å². The van der Waals surface area contributed by atoms with Gasteiger partial charge in [-0.1, -0.05) is 30.3 Å². The second-order valence-electron chi connectivity index (χ2n) is 4.49. The number of rotatable bonds is 3. The second-order valence-corrected chi connectivity index (χ2v) is 4.49. The Morgan fingerprint density at radius 1 is 1.29 bits per heavy atom. The number of ether oxygens (including phenoxy) is 3. The number of hydrogen-bond donors (Lipinski definition) is 1. The first-order chi connectivity index (χ1) is 8.33. The minimum absolute atomic E-state index is 0.0231. The van der Waals surface area contributed by atoms with E-state index in [0.29, 0.717) is 6.61 Å². The average molecular weight is 235 g/mol. The Bertz CT molecular complexity index is 366. The van der Waals surface area contributed by atoms with Crippen molar-refractivity contribution in [3.05, 3.63) is 35.9 Å². The SMILES string of the molecule is CC1OC(c2ccccc2)OCC1OC1CN1. The van der Waals surface area contributed by atoms with Crippen LogP contribution in [0.4, 0.5) is 0 Å². The van der Waals surface area contributed by atoms with Crippen molar-refractivity contribution < 1.29 is 14.2 Å². The average Bonchev–Trinajstić information content (AvgIpc) is 3.17. The maximum Gasteiger partial charge on any atom is 0.184 e. The van der Waals surface area contributed by atoms with Crippen molar-refractivity contribution in [1.29, 1.82) is 0 Å². The Hall–Kier alpha value is -0.940. The van der Waals surface area contributed by atoms with E-state index in [9.17, 15) is 0 Å². The van der Waals surface area contributed by atoms with E-state index < -0.39 is 0 Å². The summed E-state index contributed by atoms with van der Waals surface area (Å²) < 4.78 is 17.3. The topological polar surface area (TPSA) is 49.6 Å². The minimum Gasteiger partial charge on any atom is -0.354 e. The predicted molar refractivity (Wildman–Crippen MR) is 62.3 cm³/mol. The molecule has 0 bridgehead atoms. The van der Waals surface area contributed by atoms with Gasteiger partial charge in [0.1, 0.15) is 12.3 Å². The van der Waals surface area contributed by atoms with Crippen LogP contribution in [0.25, 0.3) is 0 Å². The minimum atomic E-state index is -0.266. The predicted octanol–water partition coefficient (Wildman–Crippen LogP) is 1.43. The lowest BCUT2D eigenvalue weighted by molar-refractivity contribution is -0.263. The van der Waals surface area contributed by atoms with Crippen molar-refractivity contribution in [2.75, 3.05) is 13.2 Å². The summed E-state index contributed by atoms with van der Waals surface area (Å²) in [4.78, 5) is 0. The molecule has 2 fully saturated rings. The molecule has 0 amide bonds. The van der Waals surface area contributed by atoms with Gasteiger partial charge >= 0.3 is 0 Å². The third kappa shape index (κ3) is 2.66. The van der Waals surface area contributed by atoms with Crippen LogP contribution in [-0.4, -0.2) is 31.6 Å². The summed E-state index contributed by atoms with van der Waals surface area (Å²) >= 11 is 0. The third-order valence-corrected chi connectivity index (χ3v) is 3.06. The van der Waals surface area contributed by atoms with Gasteiger partial charge in [-0.15, -0.1) is 0 Å². The lowest BCUT2D eigenvalue weighted by Gasteiger charge is -2.34. The van der Waals surface area contributed by atoms with Crippen LogP contribution in [-0.2, 0) is 14.2 Å². The molecule has 0 saturated carbocycles. The van der Waals surface area contributed by atoms with Gasteiger partial charge in [-0.25, -0.2) is 0 Å². The molecule has 1 N–H and O–H groups in total. The lowest BCUT2D eigenvalue weighted by Crippen LogP contribution is -2.41. The first-order valence-electron chi connectivity index (χ1n) is 6.04. The monoisotopic (exact) mass is 235 g/mol. The molecule has 3 rings (SSSR count). The lowest BCUT2D eigenvalue weighted by atomic mass is 10.1. The molecule has 0 aliphatic carbocycles. The van der Waals surface area contributed by atoms with Crippen molar-refractivity contribution in [2.45, 2.75) is 31.6 Å². The van der Waals surface area contributed by atoms with Crippen LogP contribution in [0.3, 0.4) is 0 Å². The standard InChI is InChI=1S/C13H17NO3/c1-9-11(17-12-7-14-12)8-15-13(16-9)10-5-3-2-4-6-10/h2-6,9,11-14H,7-8H2,1H3. The molecule has 0 radical (unpaired) electrons. The first-order valence-corrected chi connectivity index (χ1v) is 6.04. The number of nitrogens with one attached hydrogen (secondary N) is 1. The molecule has 0 aromatic heterocycles. The maximum atomic E-state index is 5.84. The van der Waals surface area contributed by atoms with Crippen LogP contribution in [0.15, 0.2) is 30.3 Å². The quantitative estimate of drug-likeness (QED) is 0.805. The van der Waals surface area contributed by atoms with E-state index in [-0.39, 0.29) is 24.7 Å².